The van der Waals surface area contributed by atoms with Crippen molar-refractivity contribution >= 4 is 0 Å². The van der Waals surface area contributed by atoms with Gasteiger partial charge in [-0.2, -0.15) is 0 Å². The lowest BCUT2D eigenvalue weighted by Crippen LogP contribution is -2.09. The summed E-state index contributed by atoms with van der Waals surface area (Å²) in [5.74, 6) is 2.08. The largest absolute Gasteiger partial charge is 0.321 e. The lowest BCUT2D eigenvalue weighted by Gasteiger charge is -2.20. The highest BCUT2D eigenvalue weighted by Gasteiger charge is 2.14. The summed E-state index contributed by atoms with van der Waals surface area (Å²) in [5.41, 5.74) is 0. The molecule has 1 aliphatic rings. The number of rotatable bonds is 3. The standard InChI is InChI=1S/C11H19N3/c1-14-9-12-13-11(14)8-7-10-5-3-2-4-6-10/h9-10H,2-8H2,1H3. The molecule has 0 N–H and O–H groups in total. The van der Waals surface area contributed by atoms with Crippen LogP contribution in [0.5, 0.6) is 0 Å². The summed E-state index contributed by atoms with van der Waals surface area (Å²) in [7, 11) is 2.02. The first-order valence-electron chi connectivity index (χ1n) is 5.69. The van der Waals surface area contributed by atoms with Gasteiger partial charge in [0.1, 0.15) is 12.2 Å². The van der Waals surface area contributed by atoms with E-state index < -0.39 is 0 Å². The van der Waals surface area contributed by atoms with Gasteiger partial charge in [0.05, 0.1) is 0 Å². The van der Waals surface area contributed by atoms with Crippen molar-refractivity contribution in [3.05, 3.63) is 12.2 Å². The fourth-order valence-electron chi connectivity index (χ4n) is 2.34. The minimum atomic E-state index is 0.945. The Morgan fingerprint density at radius 1 is 1.36 bits per heavy atom. The predicted molar refractivity (Wildman–Crippen MR) is 55.9 cm³/mol. The van der Waals surface area contributed by atoms with Crippen LogP contribution in [0, 0.1) is 5.92 Å². The maximum absolute atomic E-state index is 4.11. The molecule has 2 rings (SSSR count). The first-order valence-corrected chi connectivity index (χ1v) is 5.69. The van der Waals surface area contributed by atoms with Gasteiger partial charge >= 0.3 is 0 Å². The van der Waals surface area contributed by atoms with E-state index in [1.807, 2.05) is 11.6 Å². The van der Waals surface area contributed by atoms with E-state index in [2.05, 4.69) is 10.2 Å². The van der Waals surface area contributed by atoms with Gasteiger partial charge in [-0.05, 0) is 12.3 Å². The monoisotopic (exact) mass is 193 g/mol. The van der Waals surface area contributed by atoms with Gasteiger partial charge in [0.2, 0.25) is 0 Å². The summed E-state index contributed by atoms with van der Waals surface area (Å²) in [6.07, 6.45) is 11.4. The highest BCUT2D eigenvalue weighted by Crippen LogP contribution is 2.27. The van der Waals surface area contributed by atoms with Crippen molar-refractivity contribution in [2.45, 2.75) is 44.9 Å². The molecule has 1 saturated carbocycles. The topological polar surface area (TPSA) is 30.7 Å². The zero-order valence-corrected chi connectivity index (χ0v) is 8.95. The van der Waals surface area contributed by atoms with Crippen molar-refractivity contribution < 1.29 is 0 Å². The Morgan fingerprint density at radius 3 is 2.79 bits per heavy atom. The normalized spacial score (nSPS) is 18.6. The maximum atomic E-state index is 4.11. The number of hydrogen-bond donors (Lipinski definition) is 0. The van der Waals surface area contributed by atoms with E-state index in [1.165, 1.54) is 38.5 Å². The minimum absolute atomic E-state index is 0.945. The lowest BCUT2D eigenvalue weighted by atomic mass is 9.86. The van der Waals surface area contributed by atoms with Gasteiger partial charge in [-0.25, -0.2) is 0 Å². The Labute approximate surface area is 85.5 Å². The molecule has 3 heteroatoms. The molecule has 0 amide bonds. The van der Waals surface area contributed by atoms with Crippen LogP contribution in [0.25, 0.3) is 0 Å². The molecule has 1 heterocycles. The third-order valence-electron chi connectivity index (χ3n) is 3.31. The van der Waals surface area contributed by atoms with Crippen LogP contribution in [0.4, 0.5) is 0 Å². The predicted octanol–water partition coefficient (Wildman–Crippen LogP) is 2.33. The van der Waals surface area contributed by atoms with Crippen LogP contribution in [0.1, 0.15) is 44.3 Å². The molecule has 0 spiro atoms. The summed E-state index contributed by atoms with van der Waals surface area (Å²) in [5, 5.41) is 8.01. The summed E-state index contributed by atoms with van der Waals surface area (Å²) in [6, 6.07) is 0. The van der Waals surface area contributed by atoms with E-state index in [-0.39, 0.29) is 0 Å². The first kappa shape index (κ1) is 9.69. The zero-order chi connectivity index (χ0) is 9.80. The van der Waals surface area contributed by atoms with Gasteiger partial charge in [-0.1, -0.05) is 32.1 Å². The first-order chi connectivity index (χ1) is 6.86. The molecule has 78 valence electrons. The molecule has 0 aliphatic heterocycles. The van der Waals surface area contributed by atoms with Crippen molar-refractivity contribution in [3.63, 3.8) is 0 Å². The average molecular weight is 193 g/mol. The molecule has 0 bridgehead atoms. The van der Waals surface area contributed by atoms with Crippen LogP contribution < -0.4 is 0 Å². The quantitative estimate of drug-likeness (QED) is 0.737. The van der Waals surface area contributed by atoms with Crippen molar-refractivity contribution in [2.24, 2.45) is 13.0 Å². The number of aromatic nitrogens is 3. The van der Waals surface area contributed by atoms with Crippen LogP contribution in [0.3, 0.4) is 0 Å². The molecule has 3 nitrogen and oxygen atoms in total. The third kappa shape index (κ3) is 2.34. The molecule has 0 unspecified atom stereocenters. The molecule has 1 fully saturated rings. The Kier molecular flexibility index (Phi) is 3.17. The van der Waals surface area contributed by atoms with E-state index in [0.29, 0.717) is 0 Å². The van der Waals surface area contributed by atoms with Crippen LogP contribution >= 0.6 is 0 Å². The highest BCUT2D eigenvalue weighted by molar-refractivity contribution is 4.85. The SMILES string of the molecule is Cn1cnnc1CCC1CCCCC1. The van der Waals surface area contributed by atoms with Crippen molar-refractivity contribution in [1.29, 1.82) is 0 Å². The summed E-state index contributed by atoms with van der Waals surface area (Å²) >= 11 is 0. The number of nitrogens with zero attached hydrogens (tertiary/aromatic N) is 3. The molecular formula is C11H19N3. The molecule has 0 aromatic carbocycles. The fraction of sp³-hybridized carbons (Fsp3) is 0.818. The molecular weight excluding hydrogens is 174 g/mol. The fourth-order valence-corrected chi connectivity index (χ4v) is 2.34. The van der Waals surface area contributed by atoms with Gasteiger partial charge in [-0.15, -0.1) is 10.2 Å². The maximum Gasteiger partial charge on any atom is 0.132 e. The van der Waals surface area contributed by atoms with E-state index >= 15 is 0 Å². The van der Waals surface area contributed by atoms with Crippen molar-refractivity contribution in [3.8, 4) is 0 Å². The molecule has 1 aromatic heterocycles. The summed E-state index contributed by atoms with van der Waals surface area (Å²) in [6.45, 7) is 0. The molecule has 0 saturated heterocycles. The Hall–Kier alpha value is -0.860. The van der Waals surface area contributed by atoms with Crippen molar-refractivity contribution in [1.82, 2.24) is 14.8 Å². The summed E-state index contributed by atoms with van der Waals surface area (Å²) < 4.78 is 2.03. The third-order valence-corrected chi connectivity index (χ3v) is 3.31. The Balaban J connectivity index is 1.79. The van der Waals surface area contributed by atoms with E-state index in [0.717, 1.165) is 18.2 Å². The van der Waals surface area contributed by atoms with Crippen LogP contribution in [0.2, 0.25) is 0 Å². The van der Waals surface area contributed by atoms with Gasteiger partial charge in [0, 0.05) is 13.5 Å². The highest BCUT2D eigenvalue weighted by atomic mass is 15.2. The second-order valence-electron chi connectivity index (χ2n) is 4.40. The van der Waals surface area contributed by atoms with Crippen LogP contribution in [-0.4, -0.2) is 14.8 Å². The smallest absolute Gasteiger partial charge is 0.132 e. The van der Waals surface area contributed by atoms with E-state index in [4.69, 9.17) is 0 Å². The second-order valence-corrected chi connectivity index (χ2v) is 4.40. The number of hydrogen-bond acceptors (Lipinski definition) is 2. The van der Waals surface area contributed by atoms with E-state index in [9.17, 15) is 0 Å². The number of aryl methyl sites for hydroxylation is 2. The minimum Gasteiger partial charge on any atom is -0.321 e. The molecule has 0 radical (unpaired) electrons. The molecule has 1 aliphatic carbocycles. The van der Waals surface area contributed by atoms with Crippen molar-refractivity contribution in [2.75, 3.05) is 0 Å². The van der Waals surface area contributed by atoms with Crippen LogP contribution in [-0.2, 0) is 13.5 Å². The lowest BCUT2D eigenvalue weighted by molar-refractivity contribution is 0.336. The second kappa shape index (κ2) is 4.58. The van der Waals surface area contributed by atoms with E-state index in [1.54, 1.807) is 6.33 Å². The molecule has 14 heavy (non-hydrogen) atoms. The van der Waals surface area contributed by atoms with Gasteiger partial charge in [0.25, 0.3) is 0 Å². The Bertz CT molecular complexity index is 274. The van der Waals surface area contributed by atoms with Gasteiger partial charge in [0.15, 0.2) is 0 Å². The van der Waals surface area contributed by atoms with Crippen LogP contribution in [0.15, 0.2) is 6.33 Å². The van der Waals surface area contributed by atoms with Gasteiger partial charge in [-0.3, -0.25) is 0 Å². The average Bonchev–Trinajstić information content (AvgIpc) is 2.63. The summed E-state index contributed by atoms with van der Waals surface area (Å²) in [4.78, 5) is 0. The zero-order valence-electron chi connectivity index (χ0n) is 8.95. The molecule has 1 aromatic rings. The molecule has 0 atom stereocenters. The van der Waals surface area contributed by atoms with Gasteiger partial charge < -0.3 is 4.57 Å². The Morgan fingerprint density at radius 2 is 2.14 bits per heavy atom.